The average Bonchev–Trinajstić information content (AvgIpc) is 2.53. The van der Waals surface area contributed by atoms with E-state index in [0.717, 1.165) is 31.2 Å². The number of nitrogens with zero attached hydrogens (tertiary/aromatic N) is 1. The molecule has 1 aromatic carbocycles. The molecular weight excluding hydrogens is 322 g/mol. The largest absolute Gasteiger partial charge is 0.444 e. The number of hydrogen-bond acceptors (Lipinski definition) is 5. The first-order valence-corrected chi connectivity index (χ1v) is 8.69. The average molecular weight is 349 g/mol. The highest BCUT2D eigenvalue weighted by Gasteiger charge is 2.24. The number of carbonyl (C=O) groups excluding carboxylic acids is 1. The van der Waals surface area contributed by atoms with Crippen LogP contribution >= 0.6 is 0 Å². The molecule has 0 radical (unpaired) electrons. The number of alkyl carbamates (subject to hydrolysis) is 1. The highest BCUT2D eigenvalue weighted by atomic mass is 16.6. The Bertz CT molecular complexity index is 587. The molecule has 0 bridgehead atoms. The molecule has 0 heterocycles. The predicted octanol–water partition coefficient (Wildman–Crippen LogP) is 3.52. The van der Waals surface area contributed by atoms with Gasteiger partial charge in [-0.05, 0) is 52.0 Å². The molecule has 7 nitrogen and oxygen atoms in total. The molecule has 1 aliphatic rings. The molecule has 0 aliphatic heterocycles. The first kappa shape index (κ1) is 19.2. The van der Waals surface area contributed by atoms with Crippen molar-refractivity contribution in [3.63, 3.8) is 0 Å². The van der Waals surface area contributed by atoms with Gasteiger partial charge in [0.05, 0.1) is 4.92 Å². The van der Waals surface area contributed by atoms with Crippen LogP contribution in [0, 0.1) is 10.1 Å². The van der Waals surface area contributed by atoms with Gasteiger partial charge in [0, 0.05) is 30.8 Å². The van der Waals surface area contributed by atoms with Crippen molar-refractivity contribution in [3.8, 4) is 0 Å². The molecule has 2 rings (SSSR count). The Morgan fingerprint density at radius 1 is 1.16 bits per heavy atom. The smallest absolute Gasteiger partial charge is 0.407 e. The lowest BCUT2D eigenvalue weighted by Gasteiger charge is -2.30. The zero-order valence-electron chi connectivity index (χ0n) is 15.1. The van der Waals surface area contributed by atoms with Crippen LogP contribution in [0.1, 0.15) is 52.0 Å². The Kier molecular flexibility index (Phi) is 6.36. The van der Waals surface area contributed by atoms with Crippen LogP contribution in [0.25, 0.3) is 0 Å². The Hall–Kier alpha value is -2.15. The number of hydrogen-bond donors (Lipinski definition) is 2. The minimum Gasteiger partial charge on any atom is -0.444 e. The molecular formula is C18H27N3O4. The fourth-order valence-electron chi connectivity index (χ4n) is 2.91. The Morgan fingerprint density at radius 2 is 1.72 bits per heavy atom. The highest BCUT2D eigenvalue weighted by Crippen LogP contribution is 2.20. The van der Waals surface area contributed by atoms with Gasteiger partial charge in [0.15, 0.2) is 0 Å². The number of nitro groups is 1. The van der Waals surface area contributed by atoms with Gasteiger partial charge in [0.2, 0.25) is 0 Å². The first-order valence-electron chi connectivity index (χ1n) is 8.69. The van der Waals surface area contributed by atoms with Gasteiger partial charge in [-0.2, -0.15) is 0 Å². The number of rotatable bonds is 5. The van der Waals surface area contributed by atoms with E-state index in [2.05, 4.69) is 10.6 Å². The molecule has 138 valence electrons. The lowest BCUT2D eigenvalue weighted by atomic mass is 9.91. The molecule has 7 heteroatoms. The first-order chi connectivity index (χ1) is 11.7. The maximum absolute atomic E-state index is 11.8. The summed E-state index contributed by atoms with van der Waals surface area (Å²) in [6, 6.07) is 7.16. The van der Waals surface area contributed by atoms with Gasteiger partial charge >= 0.3 is 6.09 Å². The minimum atomic E-state index is -0.479. The minimum absolute atomic E-state index is 0.109. The molecule has 1 amide bonds. The normalized spacial score (nSPS) is 20.8. The summed E-state index contributed by atoms with van der Waals surface area (Å²) in [5.74, 6) is 0. The van der Waals surface area contributed by atoms with Crippen molar-refractivity contribution in [3.05, 3.63) is 39.9 Å². The maximum Gasteiger partial charge on any atom is 0.407 e. The predicted molar refractivity (Wildman–Crippen MR) is 95.3 cm³/mol. The standard InChI is InChI=1S/C18H27N3O4/c1-18(2,3)25-17(22)20-15-8-6-14(7-9-15)19-12-13-4-10-16(11-5-13)21(23)24/h4-5,10-11,14-15,19H,6-9,12H2,1-3H3,(H,20,22). The summed E-state index contributed by atoms with van der Waals surface area (Å²) in [7, 11) is 0. The number of benzene rings is 1. The van der Waals surface area contributed by atoms with E-state index in [0.29, 0.717) is 12.6 Å². The molecule has 25 heavy (non-hydrogen) atoms. The van der Waals surface area contributed by atoms with Crippen molar-refractivity contribution in [2.75, 3.05) is 0 Å². The van der Waals surface area contributed by atoms with E-state index in [9.17, 15) is 14.9 Å². The van der Waals surface area contributed by atoms with E-state index in [1.165, 1.54) is 12.1 Å². The fraction of sp³-hybridized carbons (Fsp3) is 0.611. The third-order valence-electron chi connectivity index (χ3n) is 4.19. The molecule has 1 saturated carbocycles. The zero-order valence-corrected chi connectivity index (χ0v) is 15.1. The third kappa shape index (κ3) is 6.70. The SMILES string of the molecule is CC(C)(C)OC(=O)NC1CCC(NCc2ccc([N+](=O)[O-])cc2)CC1. The lowest BCUT2D eigenvalue weighted by molar-refractivity contribution is -0.384. The molecule has 1 fully saturated rings. The van der Waals surface area contributed by atoms with Gasteiger partial charge in [0.25, 0.3) is 5.69 Å². The van der Waals surface area contributed by atoms with E-state index >= 15 is 0 Å². The van der Waals surface area contributed by atoms with Crippen molar-refractivity contribution >= 4 is 11.8 Å². The topological polar surface area (TPSA) is 93.5 Å². The molecule has 0 aromatic heterocycles. The van der Waals surface area contributed by atoms with E-state index < -0.39 is 10.5 Å². The van der Waals surface area contributed by atoms with Gasteiger partial charge in [-0.3, -0.25) is 10.1 Å². The van der Waals surface area contributed by atoms with E-state index in [-0.39, 0.29) is 17.8 Å². The number of amides is 1. The van der Waals surface area contributed by atoms with Crippen LogP contribution in [-0.4, -0.2) is 28.7 Å². The quantitative estimate of drug-likeness (QED) is 0.626. The van der Waals surface area contributed by atoms with Crippen molar-refractivity contribution in [2.24, 2.45) is 0 Å². The zero-order chi connectivity index (χ0) is 18.4. The Balaban J connectivity index is 1.70. The van der Waals surface area contributed by atoms with Crippen LogP contribution in [0.3, 0.4) is 0 Å². The van der Waals surface area contributed by atoms with Gasteiger partial charge < -0.3 is 15.4 Å². The van der Waals surface area contributed by atoms with Crippen LogP contribution in [0.4, 0.5) is 10.5 Å². The van der Waals surface area contributed by atoms with Gasteiger partial charge in [-0.15, -0.1) is 0 Å². The monoisotopic (exact) mass is 349 g/mol. The van der Waals surface area contributed by atoms with Crippen molar-refractivity contribution < 1.29 is 14.5 Å². The van der Waals surface area contributed by atoms with E-state index in [1.54, 1.807) is 12.1 Å². The van der Waals surface area contributed by atoms with Crippen LogP contribution < -0.4 is 10.6 Å². The molecule has 0 spiro atoms. The number of nitrogens with one attached hydrogen (secondary N) is 2. The summed E-state index contributed by atoms with van der Waals surface area (Å²) in [4.78, 5) is 22.1. The molecule has 0 unspecified atom stereocenters. The number of nitro benzene ring substituents is 1. The maximum atomic E-state index is 11.8. The van der Waals surface area contributed by atoms with E-state index in [1.807, 2.05) is 20.8 Å². The highest BCUT2D eigenvalue weighted by molar-refractivity contribution is 5.68. The summed E-state index contributed by atoms with van der Waals surface area (Å²) in [5.41, 5.74) is 0.658. The molecule has 1 aliphatic carbocycles. The second kappa shape index (κ2) is 8.29. The van der Waals surface area contributed by atoms with Gasteiger partial charge in [-0.1, -0.05) is 12.1 Å². The second-order valence-electron chi connectivity index (χ2n) is 7.50. The number of carbonyl (C=O) groups is 1. The van der Waals surface area contributed by atoms with Gasteiger partial charge in [0.1, 0.15) is 5.60 Å². The van der Waals surface area contributed by atoms with Crippen LogP contribution in [-0.2, 0) is 11.3 Å². The summed E-state index contributed by atoms with van der Waals surface area (Å²) in [6.45, 7) is 6.25. The van der Waals surface area contributed by atoms with Crippen LogP contribution in [0.5, 0.6) is 0 Å². The molecule has 2 N–H and O–H groups in total. The Labute approximate surface area is 148 Å². The Morgan fingerprint density at radius 3 is 2.24 bits per heavy atom. The van der Waals surface area contributed by atoms with Crippen LogP contribution in [0.2, 0.25) is 0 Å². The number of non-ortho nitro benzene ring substituents is 1. The summed E-state index contributed by atoms with van der Waals surface area (Å²) in [5, 5.41) is 17.1. The number of ether oxygens (including phenoxy) is 1. The molecule has 1 aromatic rings. The fourth-order valence-corrected chi connectivity index (χ4v) is 2.91. The summed E-state index contributed by atoms with van der Waals surface area (Å²) >= 11 is 0. The van der Waals surface area contributed by atoms with Gasteiger partial charge in [-0.25, -0.2) is 4.79 Å². The van der Waals surface area contributed by atoms with Crippen LogP contribution in [0.15, 0.2) is 24.3 Å². The second-order valence-corrected chi connectivity index (χ2v) is 7.50. The van der Waals surface area contributed by atoms with Crippen molar-refractivity contribution in [1.29, 1.82) is 0 Å². The van der Waals surface area contributed by atoms with Crippen molar-refractivity contribution in [2.45, 2.75) is 70.7 Å². The lowest BCUT2D eigenvalue weighted by Crippen LogP contribution is -2.43. The third-order valence-corrected chi connectivity index (χ3v) is 4.19. The van der Waals surface area contributed by atoms with E-state index in [4.69, 9.17) is 4.74 Å². The van der Waals surface area contributed by atoms with Crippen molar-refractivity contribution in [1.82, 2.24) is 10.6 Å². The summed E-state index contributed by atoms with van der Waals surface area (Å²) in [6.07, 6.45) is 3.43. The molecule has 0 atom stereocenters. The molecule has 0 saturated heterocycles. The summed E-state index contributed by atoms with van der Waals surface area (Å²) < 4.78 is 5.29.